The van der Waals surface area contributed by atoms with E-state index >= 15 is 0 Å². The predicted octanol–water partition coefficient (Wildman–Crippen LogP) is 3.05. The van der Waals surface area contributed by atoms with Crippen molar-refractivity contribution in [1.82, 2.24) is 25.0 Å². The molecule has 2 saturated heterocycles. The second kappa shape index (κ2) is 9.11. The Morgan fingerprint density at radius 2 is 2.03 bits per heavy atom. The van der Waals surface area contributed by atoms with Gasteiger partial charge in [-0.15, -0.1) is 0 Å². The Morgan fingerprint density at radius 3 is 2.81 bits per heavy atom. The molecule has 2 aliphatic heterocycles. The molecule has 2 aliphatic rings. The Morgan fingerprint density at radius 1 is 1.13 bits per heavy atom. The summed E-state index contributed by atoms with van der Waals surface area (Å²) in [5.74, 6) is 1.82. The number of ether oxygens (including phenoxy) is 1. The van der Waals surface area contributed by atoms with E-state index in [1.165, 1.54) is 0 Å². The molecule has 5 heterocycles. The number of piperidine rings is 1. The Labute approximate surface area is 182 Å². The summed E-state index contributed by atoms with van der Waals surface area (Å²) < 4.78 is 11.1. The highest BCUT2D eigenvalue weighted by atomic mass is 16.5. The van der Waals surface area contributed by atoms with Crippen molar-refractivity contribution in [3.63, 3.8) is 0 Å². The Kier molecular flexibility index (Phi) is 5.90. The number of pyridine rings is 1. The van der Waals surface area contributed by atoms with E-state index in [1.54, 1.807) is 0 Å². The van der Waals surface area contributed by atoms with Gasteiger partial charge in [0.25, 0.3) is 0 Å². The standard InChI is InChI=1S/C23H28N6O2/c1-17-13-21(31-27-17)20-14-25-23(29-9-11-30-12-10-29)26-22(20)18-5-4-8-28(15-18)16-19-6-2-3-7-24-19/h2-3,6-7,13-14,18H,4-5,8-12,15-16H2,1H3. The lowest BCUT2D eigenvalue weighted by Gasteiger charge is -2.33. The number of nitrogens with zero attached hydrogens (tertiary/aromatic N) is 6. The molecule has 2 fully saturated rings. The van der Waals surface area contributed by atoms with Gasteiger partial charge in [0, 0.05) is 50.6 Å². The lowest BCUT2D eigenvalue weighted by atomic mass is 9.91. The van der Waals surface area contributed by atoms with Crippen LogP contribution in [0.25, 0.3) is 11.3 Å². The second-order valence-electron chi connectivity index (χ2n) is 8.30. The van der Waals surface area contributed by atoms with Crippen LogP contribution in [0.2, 0.25) is 0 Å². The van der Waals surface area contributed by atoms with Crippen LogP contribution in [-0.4, -0.2) is 64.4 Å². The number of rotatable bonds is 5. The van der Waals surface area contributed by atoms with Gasteiger partial charge >= 0.3 is 0 Å². The van der Waals surface area contributed by atoms with Crippen molar-refractivity contribution >= 4 is 5.95 Å². The van der Waals surface area contributed by atoms with E-state index < -0.39 is 0 Å². The molecule has 8 heteroatoms. The Balaban J connectivity index is 1.44. The van der Waals surface area contributed by atoms with Gasteiger partial charge in [0.15, 0.2) is 5.76 Å². The predicted molar refractivity (Wildman–Crippen MR) is 117 cm³/mol. The molecule has 0 N–H and O–H groups in total. The van der Waals surface area contributed by atoms with E-state index in [-0.39, 0.29) is 0 Å². The Hall–Kier alpha value is -2.84. The second-order valence-corrected chi connectivity index (χ2v) is 8.30. The summed E-state index contributed by atoms with van der Waals surface area (Å²) in [6.07, 6.45) is 5.99. The van der Waals surface area contributed by atoms with Gasteiger partial charge < -0.3 is 14.2 Å². The van der Waals surface area contributed by atoms with Crippen molar-refractivity contribution < 1.29 is 9.26 Å². The van der Waals surface area contributed by atoms with Gasteiger partial charge in [-0.25, -0.2) is 9.97 Å². The SMILES string of the molecule is Cc1cc(-c2cnc(N3CCOCC3)nc2C2CCCN(Cc3ccccn3)C2)on1. The zero-order valence-electron chi connectivity index (χ0n) is 17.9. The third kappa shape index (κ3) is 4.60. The fourth-order valence-electron chi connectivity index (χ4n) is 4.44. The van der Waals surface area contributed by atoms with Crippen molar-refractivity contribution in [3.8, 4) is 11.3 Å². The molecule has 8 nitrogen and oxygen atoms in total. The zero-order chi connectivity index (χ0) is 21.0. The highest BCUT2D eigenvalue weighted by molar-refractivity contribution is 5.61. The Bertz CT molecular complexity index is 1000. The van der Waals surface area contributed by atoms with Crippen molar-refractivity contribution in [1.29, 1.82) is 0 Å². The molecule has 0 saturated carbocycles. The van der Waals surface area contributed by atoms with E-state index in [9.17, 15) is 0 Å². The molecule has 31 heavy (non-hydrogen) atoms. The maximum atomic E-state index is 5.60. The van der Waals surface area contributed by atoms with Gasteiger partial charge in [0.1, 0.15) is 0 Å². The summed E-state index contributed by atoms with van der Waals surface area (Å²) in [6, 6.07) is 8.06. The minimum absolute atomic E-state index is 0.306. The molecule has 0 aromatic carbocycles. The van der Waals surface area contributed by atoms with Gasteiger partial charge in [0.2, 0.25) is 5.95 Å². The van der Waals surface area contributed by atoms with Gasteiger partial charge in [0.05, 0.1) is 35.9 Å². The lowest BCUT2D eigenvalue weighted by molar-refractivity contribution is 0.122. The minimum Gasteiger partial charge on any atom is -0.378 e. The first-order valence-corrected chi connectivity index (χ1v) is 11.0. The van der Waals surface area contributed by atoms with Crippen LogP contribution < -0.4 is 4.90 Å². The van der Waals surface area contributed by atoms with Crippen LogP contribution in [0.3, 0.4) is 0 Å². The van der Waals surface area contributed by atoms with Crippen LogP contribution in [0, 0.1) is 6.92 Å². The minimum atomic E-state index is 0.306. The normalized spacial score (nSPS) is 20.2. The first kappa shape index (κ1) is 20.1. The van der Waals surface area contributed by atoms with Gasteiger partial charge in [-0.05, 0) is 38.4 Å². The summed E-state index contributed by atoms with van der Waals surface area (Å²) in [5.41, 5.74) is 3.96. The monoisotopic (exact) mass is 420 g/mol. The summed E-state index contributed by atoms with van der Waals surface area (Å²) in [5, 5.41) is 4.09. The van der Waals surface area contributed by atoms with Crippen LogP contribution in [-0.2, 0) is 11.3 Å². The fraction of sp³-hybridized carbons (Fsp3) is 0.478. The van der Waals surface area contributed by atoms with Crippen LogP contribution >= 0.6 is 0 Å². The number of aryl methyl sites for hydroxylation is 1. The van der Waals surface area contributed by atoms with Crippen LogP contribution in [0.1, 0.15) is 35.8 Å². The molecule has 1 atom stereocenters. The maximum absolute atomic E-state index is 5.60. The molecule has 0 amide bonds. The van der Waals surface area contributed by atoms with Crippen molar-refractivity contribution in [3.05, 3.63) is 53.7 Å². The van der Waals surface area contributed by atoms with Crippen molar-refractivity contribution in [2.24, 2.45) is 0 Å². The van der Waals surface area contributed by atoms with E-state index in [4.69, 9.17) is 14.2 Å². The lowest BCUT2D eigenvalue weighted by Crippen LogP contribution is -2.38. The molecule has 162 valence electrons. The molecule has 0 radical (unpaired) electrons. The first-order valence-electron chi connectivity index (χ1n) is 11.0. The highest BCUT2D eigenvalue weighted by Gasteiger charge is 2.28. The van der Waals surface area contributed by atoms with Gasteiger partial charge in [-0.2, -0.15) is 0 Å². The van der Waals surface area contributed by atoms with Crippen molar-refractivity contribution in [2.45, 2.75) is 32.2 Å². The zero-order valence-corrected chi connectivity index (χ0v) is 17.9. The molecule has 3 aromatic rings. The molecular weight excluding hydrogens is 392 g/mol. The number of aromatic nitrogens is 4. The quantitative estimate of drug-likeness (QED) is 0.623. The van der Waals surface area contributed by atoms with Crippen molar-refractivity contribution in [2.75, 3.05) is 44.3 Å². The number of hydrogen-bond donors (Lipinski definition) is 0. The summed E-state index contributed by atoms with van der Waals surface area (Å²) in [4.78, 5) is 18.9. The number of hydrogen-bond acceptors (Lipinski definition) is 8. The maximum Gasteiger partial charge on any atom is 0.225 e. The fourth-order valence-corrected chi connectivity index (χ4v) is 4.44. The third-order valence-electron chi connectivity index (χ3n) is 6.00. The van der Waals surface area contributed by atoms with E-state index in [1.807, 2.05) is 37.5 Å². The smallest absolute Gasteiger partial charge is 0.225 e. The summed E-state index contributed by atoms with van der Waals surface area (Å²) in [7, 11) is 0. The number of anilines is 1. The third-order valence-corrected chi connectivity index (χ3v) is 6.00. The average molecular weight is 421 g/mol. The molecule has 0 aliphatic carbocycles. The van der Waals surface area contributed by atoms with Crippen LogP contribution in [0.4, 0.5) is 5.95 Å². The van der Waals surface area contributed by atoms with Crippen LogP contribution in [0.5, 0.6) is 0 Å². The van der Waals surface area contributed by atoms with E-state index in [0.717, 1.165) is 79.9 Å². The summed E-state index contributed by atoms with van der Waals surface area (Å²) in [6.45, 7) is 7.86. The molecule has 5 rings (SSSR count). The summed E-state index contributed by atoms with van der Waals surface area (Å²) >= 11 is 0. The largest absolute Gasteiger partial charge is 0.378 e. The van der Waals surface area contributed by atoms with Crippen LogP contribution in [0.15, 0.2) is 41.2 Å². The van der Waals surface area contributed by atoms with Gasteiger partial charge in [-0.1, -0.05) is 11.2 Å². The average Bonchev–Trinajstić information content (AvgIpc) is 3.26. The molecule has 3 aromatic heterocycles. The van der Waals surface area contributed by atoms with E-state index in [2.05, 4.69) is 31.0 Å². The molecule has 0 spiro atoms. The van der Waals surface area contributed by atoms with E-state index in [0.29, 0.717) is 19.1 Å². The van der Waals surface area contributed by atoms with Gasteiger partial charge in [-0.3, -0.25) is 9.88 Å². The highest BCUT2D eigenvalue weighted by Crippen LogP contribution is 2.34. The number of likely N-dealkylation sites (tertiary alicyclic amines) is 1. The molecular formula is C23H28N6O2. The molecule has 0 bridgehead atoms. The molecule has 1 unspecified atom stereocenters. The first-order chi connectivity index (χ1) is 15.3. The number of morpholine rings is 1. The topological polar surface area (TPSA) is 80.4 Å².